The van der Waals surface area contributed by atoms with Crippen molar-refractivity contribution in [1.82, 2.24) is 13.5 Å². The van der Waals surface area contributed by atoms with Gasteiger partial charge in [-0.15, -0.1) is 0 Å². The molecule has 0 aromatic rings. The molecular formula is C10H22N4O4S. The van der Waals surface area contributed by atoms with Crippen molar-refractivity contribution < 1.29 is 17.9 Å². The third kappa shape index (κ3) is 4.39. The molecule has 0 aromatic carbocycles. The minimum atomic E-state index is -3.39. The number of carbonyl (C=O) groups excluding carboxylic acids is 1. The van der Waals surface area contributed by atoms with E-state index in [1.807, 2.05) is 0 Å². The highest BCUT2D eigenvalue weighted by molar-refractivity contribution is 7.86. The lowest BCUT2D eigenvalue weighted by atomic mass is 10.3. The second-order valence-corrected chi connectivity index (χ2v) is 6.55. The largest absolute Gasteiger partial charge is 0.370 e. The summed E-state index contributed by atoms with van der Waals surface area (Å²) in [6.07, 6.45) is 0. The zero-order valence-corrected chi connectivity index (χ0v) is 12.2. The molecule has 1 aliphatic heterocycles. The quantitative estimate of drug-likeness (QED) is 0.567. The summed E-state index contributed by atoms with van der Waals surface area (Å²) in [7, 11) is -0.402. The molecule has 112 valence electrons. The number of ether oxygens (including phenoxy) is 1. The van der Waals surface area contributed by atoms with Crippen molar-refractivity contribution in [1.29, 1.82) is 0 Å². The Morgan fingerprint density at radius 2 is 1.84 bits per heavy atom. The maximum atomic E-state index is 11.9. The van der Waals surface area contributed by atoms with Crippen molar-refractivity contribution in [3.63, 3.8) is 0 Å². The third-order valence-electron chi connectivity index (χ3n) is 2.87. The summed E-state index contributed by atoms with van der Waals surface area (Å²) >= 11 is 0. The molecule has 19 heavy (non-hydrogen) atoms. The number of rotatable bonds is 6. The molecule has 1 fully saturated rings. The number of hydrogen-bond donors (Lipinski definition) is 1. The van der Waals surface area contributed by atoms with Crippen LogP contribution < -0.4 is 5.73 Å². The van der Waals surface area contributed by atoms with Gasteiger partial charge in [-0.25, -0.2) is 0 Å². The van der Waals surface area contributed by atoms with Crippen LogP contribution in [-0.4, -0.2) is 87.9 Å². The van der Waals surface area contributed by atoms with Gasteiger partial charge in [0, 0.05) is 46.8 Å². The van der Waals surface area contributed by atoms with Crippen molar-refractivity contribution in [2.45, 2.75) is 0 Å². The zero-order valence-electron chi connectivity index (χ0n) is 11.4. The molecule has 0 unspecified atom stereocenters. The van der Waals surface area contributed by atoms with Crippen LogP contribution in [0.5, 0.6) is 0 Å². The van der Waals surface area contributed by atoms with Gasteiger partial charge < -0.3 is 15.4 Å². The van der Waals surface area contributed by atoms with Crippen molar-refractivity contribution >= 4 is 16.1 Å². The third-order valence-corrected chi connectivity index (χ3v) is 4.81. The van der Waals surface area contributed by atoms with Crippen molar-refractivity contribution in [2.24, 2.45) is 5.73 Å². The maximum Gasteiger partial charge on any atom is 0.281 e. The van der Waals surface area contributed by atoms with Gasteiger partial charge in [0.1, 0.15) is 6.61 Å². The Balaban J connectivity index is 2.43. The number of piperazine rings is 1. The second-order valence-electron chi connectivity index (χ2n) is 4.41. The molecule has 1 aliphatic rings. The Morgan fingerprint density at radius 1 is 1.26 bits per heavy atom. The zero-order chi connectivity index (χ0) is 14.5. The highest BCUT2D eigenvalue weighted by atomic mass is 32.2. The number of carbonyl (C=O) groups is 1. The summed E-state index contributed by atoms with van der Waals surface area (Å²) in [5, 5.41) is 0. The molecule has 1 saturated heterocycles. The standard InChI is InChI=1S/C10H22N4O4S/c1-12(2)19(16,17)14-6-4-13(5-7-14)10(15)9-18-8-3-11/h3-9,11H2,1-2H3. The predicted octanol–water partition coefficient (Wildman–Crippen LogP) is -2.09. The van der Waals surface area contributed by atoms with Gasteiger partial charge in [-0.1, -0.05) is 0 Å². The summed E-state index contributed by atoms with van der Waals surface area (Å²) in [6, 6.07) is 0. The van der Waals surface area contributed by atoms with Gasteiger partial charge in [-0.2, -0.15) is 17.0 Å². The van der Waals surface area contributed by atoms with Crippen LogP contribution >= 0.6 is 0 Å². The topological polar surface area (TPSA) is 96.2 Å². The molecule has 8 nitrogen and oxygen atoms in total. The lowest BCUT2D eigenvalue weighted by Crippen LogP contribution is -2.53. The van der Waals surface area contributed by atoms with Crippen LogP contribution in [0.15, 0.2) is 0 Å². The highest BCUT2D eigenvalue weighted by Crippen LogP contribution is 2.09. The van der Waals surface area contributed by atoms with E-state index in [9.17, 15) is 13.2 Å². The van der Waals surface area contributed by atoms with Crippen LogP contribution in [0, 0.1) is 0 Å². The number of nitrogens with zero attached hydrogens (tertiary/aromatic N) is 3. The van der Waals surface area contributed by atoms with E-state index in [4.69, 9.17) is 10.5 Å². The van der Waals surface area contributed by atoms with E-state index in [0.717, 1.165) is 0 Å². The van der Waals surface area contributed by atoms with E-state index >= 15 is 0 Å². The summed E-state index contributed by atoms with van der Waals surface area (Å²) in [5.41, 5.74) is 5.26. The van der Waals surface area contributed by atoms with E-state index in [1.54, 1.807) is 4.90 Å². The molecule has 0 atom stereocenters. The number of amides is 1. The summed E-state index contributed by atoms with van der Waals surface area (Å²) in [5.74, 6) is -0.129. The Hall–Kier alpha value is -0.740. The van der Waals surface area contributed by atoms with Gasteiger partial charge in [0.25, 0.3) is 10.2 Å². The molecule has 1 amide bonds. The molecule has 2 N–H and O–H groups in total. The second kappa shape index (κ2) is 7.15. The van der Waals surface area contributed by atoms with Crippen LogP contribution in [-0.2, 0) is 19.7 Å². The average molecular weight is 294 g/mol. The van der Waals surface area contributed by atoms with Crippen LogP contribution in [0.4, 0.5) is 0 Å². The van der Waals surface area contributed by atoms with Gasteiger partial charge in [-0.05, 0) is 0 Å². The van der Waals surface area contributed by atoms with E-state index < -0.39 is 10.2 Å². The van der Waals surface area contributed by atoms with E-state index in [2.05, 4.69) is 0 Å². The van der Waals surface area contributed by atoms with Crippen molar-refractivity contribution in [3.05, 3.63) is 0 Å². The molecule has 1 rings (SSSR count). The Labute approximate surface area is 114 Å². The number of nitrogens with two attached hydrogens (primary N) is 1. The maximum absolute atomic E-state index is 11.9. The molecule has 0 aliphatic carbocycles. The first-order valence-electron chi connectivity index (χ1n) is 6.12. The molecule has 1 heterocycles. The van der Waals surface area contributed by atoms with Crippen molar-refractivity contribution in [3.8, 4) is 0 Å². The fraction of sp³-hybridized carbons (Fsp3) is 0.900. The molecule has 0 spiro atoms. The van der Waals surface area contributed by atoms with Gasteiger partial charge >= 0.3 is 0 Å². The van der Waals surface area contributed by atoms with E-state index in [1.165, 1.54) is 22.7 Å². The highest BCUT2D eigenvalue weighted by Gasteiger charge is 2.29. The molecule has 9 heteroatoms. The van der Waals surface area contributed by atoms with Gasteiger partial charge in [0.05, 0.1) is 6.61 Å². The van der Waals surface area contributed by atoms with Gasteiger partial charge in [0.2, 0.25) is 5.91 Å². The first-order valence-corrected chi connectivity index (χ1v) is 7.52. The van der Waals surface area contributed by atoms with E-state index in [-0.39, 0.29) is 12.5 Å². The first kappa shape index (κ1) is 16.3. The van der Waals surface area contributed by atoms with Crippen LogP contribution in [0.2, 0.25) is 0 Å². The summed E-state index contributed by atoms with van der Waals surface area (Å²) < 4.78 is 31.4. The fourth-order valence-corrected chi connectivity index (χ4v) is 2.82. The Morgan fingerprint density at radius 3 is 2.32 bits per heavy atom. The lowest BCUT2D eigenvalue weighted by molar-refractivity contribution is -0.137. The minimum Gasteiger partial charge on any atom is -0.370 e. The minimum absolute atomic E-state index is 0.00235. The smallest absolute Gasteiger partial charge is 0.281 e. The van der Waals surface area contributed by atoms with E-state index in [0.29, 0.717) is 39.3 Å². The first-order chi connectivity index (χ1) is 8.89. The SMILES string of the molecule is CN(C)S(=O)(=O)N1CCN(C(=O)COCCN)CC1. The predicted molar refractivity (Wildman–Crippen MR) is 70.6 cm³/mol. The molecule has 0 bridgehead atoms. The average Bonchev–Trinajstić information content (AvgIpc) is 2.39. The monoisotopic (exact) mass is 294 g/mol. The van der Waals surface area contributed by atoms with Gasteiger partial charge in [0.15, 0.2) is 0 Å². The van der Waals surface area contributed by atoms with Crippen LogP contribution in [0.1, 0.15) is 0 Å². The van der Waals surface area contributed by atoms with Crippen LogP contribution in [0.25, 0.3) is 0 Å². The fourth-order valence-electron chi connectivity index (χ4n) is 1.73. The lowest BCUT2D eigenvalue weighted by Gasteiger charge is -2.35. The Kier molecular flexibility index (Phi) is 6.14. The summed E-state index contributed by atoms with van der Waals surface area (Å²) in [4.78, 5) is 13.4. The Bertz CT molecular complexity index is 390. The molecular weight excluding hydrogens is 272 g/mol. The number of hydrogen-bond acceptors (Lipinski definition) is 5. The van der Waals surface area contributed by atoms with Crippen LogP contribution in [0.3, 0.4) is 0 Å². The molecule has 0 radical (unpaired) electrons. The normalized spacial score (nSPS) is 18.0. The van der Waals surface area contributed by atoms with Crippen molar-refractivity contribution in [2.75, 3.05) is 60.0 Å². The van der Waals surface area contributed by atoms with Gasteiger partial charge in [-0.3, -0.25) is 4.79 Å². The molecule has 0 aromatic heterocycles. The summed E-state index contributed by atoms with van der Waals surface area (Å²) in [6.45, 7) is 2.11. The molecule has 0 saturated carbocycles.